The van der Waals surface area contributed by atoms with Crippen molar-refractivity contribution in [3.63, 3.8) is 0 Å². The molecule has 0 bridgehead atoms. The molecule has 0 aliphatic carbocycles. The molecule has 1 aromatic rings. The van der Waals surface area contributed by atoms with E-state index in [1.807, 2.05) is 6.92 Å². The van der Waals surface area contributed by atoms with E-state index in [1.54, 1.807) is 14.0 Å². The summed E-state index contributed by atoms with van der Waals surface area (Å²) in [4.78, 5) is 23.1. The Balaban J connectivity index is 3.05. The van der Waals surface area contributed by atoms with Gasteiger partial charge in [-0.05, 0) is 13.3 Å². The lowest BCUT2D eigenvalue weighted by Gasteiger charge is -2.06. The standard InChI is InChI=1S/C11H17N3O3/c1-5-6-8(15)12-9-7(2)13-14(3)10(9)11(16)17-4/h5-6H2,1-4H3,(H,12,15). The average Bonchev–Trinajstić information content (AvgIpc) is 2.53. The third kappa shape index (κ3) is 2.83. The van der Waals surface area contributed by atoms with E-state index < -0.39 is 5.97 Å². The molecule has 0 radical (unpaired) electrons. The van der Waals surface area contributed by atoms with Gasteiger partial charge in [-0.3, -0.25) is 9.48 Å². The van der Waals surface area contributed by atoms with Crippen LogP contribution in [-0.4, -0.2) is 28.8 Å². The van der Waals surface area contributed by atoms with Gasteiger partial charge in [-0.1, -0.05) is 6.92 Å². The zero-order valence-electron chi connectivity index (χ0n) is 10.5. The lowest BCUT2D eigenvalue weighted by atomic mass is 10.2. The number of anilines is 1. The predicted octanol–water partition coefficient (Wildman–Crippen LogP) is 1.25. The number of nitrogens with one attached hydrogen (secondary N) is 1. The Morgan fingerprint density at radius 3 is 2.65 bits per heavy atom. The van der Waals surface area contributed by atoms with Crippen LogP contribution in [0, 0.1) is 6.92 Å². The summed E-state index contributed by atoms with van der Waals surface area (Å²) in [5, 5.41) is 6.79. The number of hydrogen-bond acceptors (Lipinski definition) is 4. The molecular formula is C11H17N3O3. The number of carbonyl (C=O) groups excluding carboxylic acids is 2. The first-order valence-electron chi connectivity index (χ1n) is 5.43. The summed E-state index contributed by atoms with van der Waals surface area (Å²) in [6.45, 7) is 3.64. The number of amides is 1. The van der Waals surface area contributed by atoms with Gasteiger partial charge in [-0.15, -0.1) is 0 Å². The molecule has 0 aliphatic heterocycles. The summed E-state index contributed by atoms with van der Waals surface area (Å²) in [6.07, 6.45) is 1.16. The van der Waals surface area contributed by atoms with Crippen molar-refractivity contribution < 1.29 is 14.3 Å². The Bertz CT molecular complexity index is 437. The highest BCUT2D eigenvalue weighted by atomic mass is 16.5. The molecule has 17 heavy (non-hydrogen) atoms. The van der Waals surface area contributed by atoms with Crippen LogP contribution < -0.4 is 5.32 Å². The highest BCUT2D eigenvalue weighted by Crippen LogP contribution is 2.20. The molecule has 0 aliphatic rings. The molecule has 0 spiro atoms. The van der Waals surface area contributed by atoms with Gasteiger partial charge in [0.1, 0.15) is 0 Å². The van der Waals surface area contributed by atoms with Crippen LogP contribution in [0.25, 0.3) is 0 Å². The molecule has 1 rings (SSSR count). The minimum atomic E-state index is -0.514. The van der Waals surface area contributed by atoms with Gasteiger partial charge in [0.25, 0.3) is 0 Å². The van der Waals surface area contributed by atoms with Crippen LogP contribution in [0.5, 0.6) is 0 Å². The molecule has 0 saturated carbocycles. The minimum Gasteiger partial charge on any atom is -0.464 e. The zero-order chi connectivity index (χ0) is 13.0. The van der Waals surface area contributed by atoms with E-state index in [2.05, 4.69) is 15.2 Å². The van der Waals surface area contributed by atoms with E-state index >= 15 is 0 Å². The lowest BCUT2D eigenvalue weighted by Crippen LogP contribution is -2.16. The summed E-state index contributed by atoms with van der Waals surface area (Å²) < 4.78 is 6.07. The number of esters is 1. The molecule has 1 N–H and O–H groups in total. The second kappa shape index (κ2) is 5.47. The third-order valence-corrected chi connectivity index (χ3v) is 2.34. The Labute approximate surface area is 99.9 Å². The summed E-state index contributed by atoms with van der Waals surface area (Å²) in [7, 11) is 2.93. The van der Waals surface area contributed by atoms with Crippen molar-refractivity contribution in [2.45, 2.75) is 26.7 Å². The fourth-order valence-corrected chi connectivity index (χ4v) is 1.57. The van der Waals surface area contributed by atoms with E-state index in [0.29, 0.717) is 17.8 Å². The number of methoxy groups -OCH3 is 1. The minimum absolute atomic E-state index is 0.131. The zero-order valence-corrected chi connectivity index (χ0v) is 10.5. The highest BCUT2D eigenvalue weighted by Gasteiger charge is 2.21. The van der Waals surface area contributed by atoms with Crippen LogP contribution in [0.4, 0.5) is 5.69 Å². The van der Waals surface area contributed by atoms with Crippen LogP contribution in [0.1, 0.15) is 35.9 Å². The topological polar surface area (TPSA) is 73.2 Å². The van der Waals surface area contributed by atoms with Gasteiger partial charge in [0.05, 0.1) is 18.5 Å². The summed E-state index contributed by atoms with van der Waals surface area (Å²) in [5.41, 5.74) is 1.28. The van der Waals surface area contributed by atoms with Crippen molar-refractivity contribution in [3.05, 3.63) is 11.4 Å². The van der Waals surface area contributed by atoms with E-state index in [9.17, 15) is 9.59 Å². The second-order valence-electron chi connectivity index (χ2n) is 3.72. The molecule has 0 aromatic carbocycles. The maximum absolute atomic E-state index is 11.6. The van der Waals surface area contributed by atoms with Crippen LogP contribution in [-0.2, 0) is 16.6 Å². The largest absolute Gasteiger partial charge is 0.464 e. The lowest BCUT2D eigenvalue weighted by molar-refractivity contribution is -0.116. The average molecular weight is 239 g/mol. The van der Waals surface area contributed by atoms with E-state index in [-0.39, 0.29) is 11.6 Å². The molecule has 1 heterocycles. The normalized spacial score (nSPS) is 10.1. The molecular weight excluding hydrogens is 222 g/mol. The van der Waals surface area contributed by atoms with Crippen LogP contribution in [0.2, 0.25) is 0 Å². The number of aryl methyl sites for hydroxylation is 2. The monoisotopic (exact) mass is 239 g/mol. The van der Waals surface area contributed by atoms with Crippen molar-refractivity contribution in [2.24, 2.45) is 7.05 Å². The summed E-state index contributed by atoms with van der Waals surface area (Å²) in [5.74, 6) is -0.645. The van der Waals surface area contributed by atoms with Crippen LogP contribution in [0.3, 0.4) is 0 Å². The highest BCUT2D eigenvalue weighted by molar-refractivity contribution is 6.00. The maximum atomic E-state index is 11.6. The SMILES string of the molecule is CCCC(=O)Nc1c(C)nn(C)c1C(=O)OC. The van der Waals surface area contributed by atoms with Crippen molar-refractivity contribution in [3.8, 4) is 0 Å². The molecule has 0 fully saturated rings. The fourth-order valence-electron chi connectivity index (χ4n) is 1.57. The molecule has 0 atom stereocenters. The molecule has 6 heteroatoms. The van der Waals surface area contributed by atoms with Gasteiger partial charge < -0.3 is 10.1 Å². The molecule has 6 nitrogen and oxygen atoms in total. The van der Waals surface area contributed by atoms with E-state index in [0.717, 1.165) is 6.42 Å². The van der Waals surface area contributed by atoms with Crippen LogP contribution in [0.15, 0.2) is 0 Å². The number of nitrogens with zero attached hydrogens (tertiary/aromatic N) is 2. The number of ether oxygens (including phenoxy) is 1. The smallest absolute Gasteiger partial charge is 0.358 e. The van der Waals surface area contributed by atoms with Gasteiger partial charge >= 0.3 is 5.97 Å². The molecule has 94 valence electrons. The quantitative estimate of drug-likeness (QED) is 0.802. The first-order chi connectivity index (χ1) is 8.01. The Morgan fingerprint density at radius 1 is 1.47 bits per heavy atom. The Morgan fingerprint density at radius 2 is 2.12 bits per heavy atom. The van der Waals surface area contributed by atoms with Crippen LogP contribution >= 0.6 is 0 Å². The number of carbonyl (C=O) groups is 2. The third-order valence-electron chi connectivity index (χ3n) is 2.34. The van der Waals surface area contributed by atoms with Gasteiger partial charge in [0, 0.05) is 13.5 Å². The first kappa shape index (κ1) is 13.2. The van der Waals surface area contributed by atoms with Gasteiger partial charge in [-0.25, -0.2) is 4.79 Å². The second-order valence-corrected chi connectivity index (χ2v) is 3.72. The molecule has 1 amide bonds. The van der Waals surface area contributed by atoms with Gasteiger partial charge in [0.15, 0.2) is 5.69 Å². The van der Waals surface area contributed by atoms with Crippen molar-refractivity contribution >= 4 is 17.6 Å². The Kier molecular flexibility index (Phi) is 4.25. The Hall–Kier alpha value is -1.85. The van der Waals surface area contributed by atoms with Crippen molar-refractivity contribution in [2.75, 3.05) is 12.4 Å². The fraction of sp³-hybridized carbons (Fsp3) is 0.545. The van der Waals surface area contributed by atoms with Gasteiger partial charge in [0.2, 0.25) is 5.91 Å². The van der Waals surface area contributed by atoms with Crippen molar-refractivity contribution in [1.29, 1.82) is 0 Å². The molecule has 0 saturated heterocycles. The summed E-state index contributed by atoms with van der Waals surface area (Å²) >= 11 is 0. The maximum Gasteiger partial charge on any atom is 0.358 e. The first-order valence-corrected chi connectivity index (χ1v) is 5.43. The number of hydrogen-bond donors (Lipinski definition) is 1. The molecule has 0 unspecified atom stereocenters. The van der Waals surface area contributed by atoms with E-state index in [4.69, 9.17) is 0 Å². The number of aromatic nitrogens is 2. The van der Waals surface area contributed by atoms with E-state index in [1.165, 1.54) is 11.8 Å². The van der Waals surface area contributed by atoms with Crippen molar-refractivity contribution in [1.82, 2.24) is 9.78 Å². The van der Waals surface area contributed by atoms with Gasteiger partial charge in [-0.2, -0.15) is 5.10 Å². The number of rotatable bonds is 4. The molecule has 1 aromatic heterocycles. The summed E-state index contributed by atoms with van der Waals surface area (Å²) in [6, 6.07) is 0. The predicted molar refractivity (Wildman–Crippen MR) is 62.8 cm³/mol.